The van der Waals surface area contributed by atoms with Crippen molar-refractivity contribution in [2.24, 2.45) is 0 Å². The second kappa shape index (κ2) is 7.11. The molecule has 4 rings (SSSR count). The highest BCUT2D eigenvalue weighted by Gasteiger charge is 2.29. The van der Waals surface area contributed by atoms with E-state index < -0.39 is 12.1 Å². The van der Waals surface area contributed by atoms with Crippen LogP contribution < -0.4 is 9.47 Å². The van der Waals surface area contributed by atoms with Gasteiger partial charge in [-0.15, -0.1) is 0 Å². The van der Waals surface area contributed by atoms with E-state index in [0.29, 0.717) is 28.5 Å². The molecule has 1 aromatic heterocycles. The number of hydrogen-bond donors (Lipinski definition) is 0. The number of carbonyl (C=O) groups is 1. The second-order valence-corrected chi connectivity index (χ2v) is 6.06. The summed E-state index contributed by atoms with van der Waals surface area (Å²) in [6.07, 6.45) is -0.844. The molecular weight excluding hydrogens is 353 g/mol. The lowest BCUT2D eigenvalue weighted by Crippen LogP contribution is -2.37. The van der Waals surface area contributed by atoms with Gasteiger partial charge in [-0.25, -0.2) is 9.18 Å². The number of ether oxygens (including phenoxy) is 3. The summed E-state index contributed by atoms with van der Waals surface area (Å²) in [6, 6.07) is 13.0. The van der Waals surface area contributed by atoms with Gasteiger partial charge in [-0.3, -0.25) is 0 Å². The molecule has 0 amide bonds. The zero-order valence-corrected chi connectivity index (χ0v) is 14.5. The molecule has 3 aromatic rings. The standard InChI is InChI=1S/C20H16FNO5/c1-12-15(22-27-19(12)13-6-8-14(21)9-7-13)10-25-20(23)18-11-24-16-4-2-3-5-17(16)26-18/h2-9,18H,10-11H2,1H3/t18-/m0/s1. The number of halogens is 1. The van der Waals surface area contributed by atoms with Gasteiger partial charge in [0.05, 0.1) is 0 Å². The van der Waals surface area contributed by atoms with E-state index in [2.05, 4.69) is 5.16 Å². The first-order valence-electron chi connectivity index (χ1n) is 8.38. The van der Waals surface area contributed by atoms with Crippen molar-refractivity contribution in [1.29, 1.82) is 0 Å². The quantitative estimate of drug-likeness (QED) is 0.654. The number of fused-ring (bicyclic) bond motifs is 1. The molecule has 0 bridgehead atoms. The summed E-state index contributed by atoms with van der Waals surface area (Å²) in [5.74, 6) is 0.726. The van der Waals surface area contributed by atoms with Crippen LogP contribution >= 0.6 is 0 Å². The van der Waals surface area contributed by atoms with Gasteiger partial charge in [0, 0.05) is 11.1 Å². The van der Waals surface area contributed by atoms with Crippen molar-refractivity contribution in [2.45, 2.75) is 19.6 Å². The molecule has 0 aliphatic carbocycles. The lowest BCUT2D eigenvalue weighted by molar-refractivity contribution is -0.156. The fourth-order valence-electron chi connectivity index (χ4n) is 2.74. The van der Waals surface area contributed by atoms with Crippen molar-refractivity contribution < 1.29 is 27.9 Å². The molecule has 27 heavy (non-hydrogen) atoms. The summed E-state index contributed by atoms with van der Waals surface area (Å²) in [6.45, 7) is 1.82. The van der Waals surface area contributed by atoms with Crippen LogP contribution in [0.15, 0.2) is 53.1 Å². The Morgan fingerprint density at radius 3 is 2.70 bits per heavy atom. The lowest BCUT2D eigenvalue weighted by Gasteiger charge is -2.24. The van der Waals surface area contributed by atoms with E-state index in [1.165, 1.54) is 12.1 Å². The zero-order valence-electron chi connectivity index (χ0n) is 14.5. The molecule has 2 aromatic carbocycles. The van der Waals surface area contributed by atoms with Gasteiger partial charge in [-0.1, -0.05) is 17.3 Å². The Labute approximate surface area is 154 Å². The summed E-state index contributed by atoms with van der Waals surface area (Å²) >= 11 is 0. The third-order valence-corrected chi connectivity index (χ3v) is 4.25. The molecular formula is C20H16FNO5. The van der Waals surface area contributed by atoms with Gasteiger partial charge in [0.15, 0.2) is 17.3 Å². The van der Waals surface area contributed by atoms with Crippen LogP contribution in [-0.4, -0.2) is 23.8 Å². The molecule has 0 N–H and O–H groups in total. The van der Waals surface area contributed by atoms with E-state index in [1.54, 1.807) is 37.3 Å². The van der Waals surface area contributed by atoms with Crippen molar-refractivity contribution in [3.05, 3.63) is 65.6 Å². The van der Waals surface area contributed by atoms with Gasteiger partial charge < -0.3 is 18.7 Å². The zero-order chi connectivity index (χ0) is 18.8. The maximum atomic E-state index is 13.1. The molecule has 0 unspecified atom stereocenters. The molecule has 1 aliphatic rings. The Morgan fingerprint density at radius 2 is 1.93 bits per heavy atom. The van der Waals surface area contributed by atoms with E-state index in [4.69, 9.17) is 18.7 Å². The molecule has 0 saturated carbocycles. The van der Waals surface area contributed by atoms with Gasteiger partial charge in [0.25, 0.3) is 0 Å². The summed E-state index contributed by atoms with van der Waals surface area (Å²) in [4.78, 5) is 12.3. The Hall–Kier alpha value is -3.35. The molecule has 0 radical (unpaired) electrons. The predicted molar refractivity (Wildman–Crippen MR) is 92.8 cm³/mol. The van der Waals surface area contributed by atoms with Crippen LogP contribution in [0, 0.1) is 12.7 Å². The maximum absolute atomic E-state index is 13.1. The maximum Gasteiger partial charge on any atom is 0.351 e. The Kier molecular flexibility index (Phi) is 4.50. The number of hydrogen-bond acceptors (Lipinski definition) is 6. The normalized spacial score (nSPS) is 15.4. The third kappa shape index (κ3) is 3.48. The van der Waals surface area contributed by atoms with Gasteiger partial charge in [-0.2, -0.15) is 0 Å². The molecule has 2 heterocycles. The van der Waals surface area contributed by atoms with Crippen LogP contribution in [0.2, 0.25) is 0 Å². The molecule has 0 saturated heterocycles. The summed E-state index contributed by atoms with van der Waals surface area (Å²) < 4.78 is 34.8. The molecule has 138 valence electrons. The fraction of sp³-hybridized carbons (Fsp3) is 0.200. The van der Waals surface area contributed by atoms with Crippen molar-refractivity contribution in [3.63, 3.8) is 0 Å². The van der Waals surface area contributed by atoms with Crippen LogP contribution in [0.25, 0.3) is 11.3 Å². The highest BCUT2D eigenvalue weighted by atomic mass is 19.1. The number of rotatable bonds is 4. The van der Waals surface area contributed by atoms with Crippen molar-refractivity contribution in [1.82, 2.24) is 5.16 Å². The second-order valence-electron chi connectivity index (χ2n) is 6.06. The van der Waals surface area contributed by atoms with Crippen molar-refractivity contribution in [3.8, 4) is 22.8 Å². The Balaban J connectivity index is 1.41. The summed E-state index contributed by atoms with van der Waals surface area (Å²) in [5, 5.41) is 3.95. The number of para-hydroxylation sites is 2. The van der Waals surface area contributed by atoms with E-state index in [0.717, 1.165) is 5.56 Å². The van der Waals surface area contributed by atoms with Gasteiger partial charge in [0.1, 0.15) is 24.7 Å². The van der Waals surface area contributed by atoms with E-state index >= 15 is 0 Å². The minimum absolute atomic E-state index is 0.0587. The SMILES string of the molecule is Cc1c(COC(=O)[C@@H]2COc3ccccc3O2)noc1-c1ccc(F)cc1. The molecule has 1 aliphatic heterocycles. The first-order valence-corrected chi connectivity index (χ1v) is 8.38. The Bertz CT molecular complexity index is 967. The van der Waals surface area contributed by atoms with E-state index in [-0.39, 0.29) is 19.0 Å². The fourth-order valence-corrected chi connectivity index (χ4v) is 2.74. The number of benzene rings is 2. The van der Waals surface area contributed by atoms with Crippen LogP contribution in [0.4, 0.5) is 4.39 Å². The topological polar surface area (TPSA) is 70.8 Å². The number of aromatic nitrogens is 1. The van der Waals surface area contributed by atoms with Crippen LogP contribution in [0.3, 0.4) is 0 Å². The van der Waals surface area contributed by atoms with Crippen molar-refractivity contribution in [2.75, 3.05) is 6.61 Å². The number of carbonyl (C=O) groups excluding carboxylic acids is 1. The monoisotopic (exact) mass is 369 g/mol. The largest absolute Gasteiger partial charge is 0.485 e. The van der Waals surface area contributed by atoms with Crippen LogP contribution in [0.1, 0.15) is 11.3 Å². The number of esters is 1. The lowest BCUT2D eigenvalue weighted by atomic mass is 10.1. The third-order valence-electron chi connectivity index (χ3n) is 4.25. The minimum atomic E-state index is -0.844. The summed E-state index contributed by atoms with van der Waals surface area (Å²) in [5.41, 5.74) is 1.90. The average molecular weight is 369 g/mol. The first kappa shape index (κ1) is 17.1. The van der Waals surface area contributed by atoms with E-state index in [9.17, 15) is 9.18 Å². The summed E-state index contributed by atoms with van der Waals surface area (Å²) in [7, 11) is 0. The smallest absolute Gasteiger partial charge is 0.351 e. The first-order chi connectivity index (χ1) is 13.1. The van der Waals surface area contributed by atoms with Crippen LogP contribution in [0.5, 0.6) is 11.5 Å². The molecule has 6 nitrogen and oxygen atoms in total. The van der Waals surface area contributed by atoms with Gasteiger partial charge in [0.2, 0.25) is 6.10 Å². The predicted octanol–water partition coefficient (Wildman–Crippen LogP) is 3.67. The number of nitrogens with zero attached hydrogens (tertiary/aromatic N) is 1. The van der Waals surface area contributed by atoms with Crippen LogP contribution in [-0.2, 0) is 16.1 Å². The van der Waals surface area contributed by atoms with E-state index in [1.807, 2.05) is 6.07 Å². The average Bonchev–Trinajstić information content (AvgIpc) is 3.07. The van der Waals surface area contributed by atoms with Gasteiger partial charge in [-0.05, 0) is 43.3 Å². The molecule has 0 fully saturated rings. The Morgan fingerprint density at radius 1 is 1.19 bits per heavy atom. The minimum Gasteiger partial charge on any atom is -0.485 e. The highest BCUT2D eigenvalue weighted by molar-refractivity contribution is 5.76. The molecule has 7 heteroatoms. The van der Waals surface area contributed by atoms with Crippen molar-refractivity contribution >= 4 is 5.97 Å². The highest BCUT2D eigenvalue weighted by Crippen LogP contribution is 2.31. The molecule has 1 atom stereocenters. The molecule has 0 spiro atoms. The van der Waals surface area contributed by atoms with Gasteiger partial charge >= 0.3 is 5.97 Å².